The molecule has 0 aliphatic heterocycles. The molecular formula is C15H18FNO4. The second kappa shape index (κ2) is 6.56. The van der Waals surface area contributed by atoms with Crippen LogP contribution in [0, 0.1) is 11.7 Å². The number of hydrogen-bond acceptors (Lipinski definition) is 3. The van der Waals surface area contributed by atoms with E-state index in [2.05, 4.69) is 5.32 Å². The normalized spacial score (nSPS) is 16.9. The zero-order valence-electron chi connectivity index (χ0n) is 11.7. The Kier molecular flexibility index (Phi) is 4.77. The van der Waals surface area contributed by atoms with Crippen LogP contribution in [0.3, 0.4) is 0 Å². The van der Waals surface area contributed by atoms with E-state index in [0.717, 1.165) is 12.8 Å². The van der Waals surface area contributed by atoms with Crippen molar-refractivity contribution in [2.24, 2.45) is 5.92 Å². The maximum atomic E-state index is 13.4. The van der Waals surface area contributed by atoms with Crippen LogP contribution in [0.25, 0.3) is 0 Å². The zero-order valence-corrected chi connectivity index (χ0v) is 11.7. The summed E-state index contributed by atoms with van der Waals surface area (Å²) in [5, 5.41) is 11.5. The predicted octanol–water partition coefficient (Wildman–Crippen LogP) is 1.96. The third kappa shape index (κ3) is 4.44. The molecule has 0 heterocycles. The third-order valence-corrected chi connectivity index (χ3v) is 3.39. The Morgan fingerprint density at radius 3 is 2.67 bits per heavy atom. The van der Waals surface area contributed by atoms with Gasteiger partial charge in [-0.1, -0.05) is 25.0 Å². The van der Waals surface area contributed by atoms with E-state index in [1.54, 1.807) is 6.07 Å². The first-order valence-corrected chi connectivity index (χ1v) is 6.91. The van der Waals surface area contributed by atoms with Crippen molar-refractivity contribution in [2.75, 3.05) is 0 Å². The second-order valence-corrected chi connectivity index (χ2v) is 5.27. The topological polar surface area (TPSA) is 75.6 Å². The van der Waals surface area contributed by atoms with E-state index >= 15 is 0 Å². The average molecular weight is 295 g/mol. The quantitative estimate of drug-likeness (QED) is 0.806. The number of carbonyl (C=O) groups excluding carboxylic acids is 1. The van der Waals surface area contributed by atoms with Gasteiger partial charge in [-0.2, -0.15) is 0 Å². The molecule has 0 radical (unpaired) electrons. The van der Waals surface area contributed by atoms with Crippen molar-refractivity contribution in [2.45, 2.75) is 38.3 Å². The maximum Gasteiger partial charge on any atom is 0.326 e. The number of nitrogens with one attached hydrogen (secondary N) is 1. The van der Waals surface area contributed by atoms with Crippen LogP contribution in [0.4, 0.5) is 4.39 Å². The summed E-state index contributed by atoms with van der Waals surface area (Å²) >= 11 is 0. The van der Waals surface area contributed by atoms with Gasteiger partial charge >= 0.3 is 5.97 Å². The number of carbonyl (C=O) groups is 2. The van der Waals surface area contributed by atoms with E-state index in [0.29, 0.717) is 12.3 Å². The lowest BCUT2D eigenvalue weighted by Gasteiger charge is -2.19. The average Bonchev–Trinajstić information content (AvgIpc) is 3.24. The molecular weight excluding hydrogens is 277 g/mol. The Labute approximate surface area is 122 Å². The molecule has 1 aliphatic carbocycles. The van der Waals surface area contributed by atoms with Gasteiger partial charge in [-0.05, 0) is 31.4 Å². The lowest BCUT2D eigenvalue weighted by Crippen LogP contribution is -2.46. The number of para-hydroxylation sites is 1. The van der Waals surface area contributed by atoms with Crippen LogP contribution in [0.5, 0.6) is 5.75 Å². The first-order chi connectivity index (χ1) is 9.97. The molecule has 0 bridgehead atoms. The van der Waals surface area contributed by atoms with Crippen LogP contribution >= 0.6 is 0 Å². The molecule has 1 aromatic carbocycles. The minimum absolute atomic E-state index is 0.0331. The van der Waals surface area contributed by atoms with Gasteiger partial charge in [-0.25, -0.2) is 9.18 Å². The van der Waals surface area contributed by atoms with E-state index in [-0.39, 0.29) is 5.75 Å². The Balaban J connectivity index is 1.91. The third-order valence-electron chi connectivity index (χ3n) is 3.39. The first kappa shape index (κ1) is 15.3. The molecule has 1 aliphatic rings. The zero-order chi connectivity index (χ0) is 15.4. The van der Waals surface area contributed by atoms with Gasteiger partial charge in [0, 0.05) is 0 Å². The molecule has 6 heteroatoms. The highest BCUT2D eigenvalue weighted by Gasteiger charge is 2.31. The summed E-state index contributed by atoms with van der Waals surface area (Å²) in [6.07, 6.45) is 1.46. The molecule has 2 unspecified atom stereocenters. The molecule has 2 rings (SSSR count). The molecule has 5 nitrogen and oxygen atoms in total. The summed E-state index contributed by atoms with van der Waals surface area (Å²) in [5.41, 5.74) is 0. The fourth-order valence-corrected chi connectivity index (χ4v) is 1.98. The number of ether oxygens (including phenoxy) is 1. The number of carboxylic acid groups (broad SMARTS) is 1. The standard InChI is InChI=1S/C15H18FNO4/c1-9(21-13-5-3-2-4-11(13)16)14(18)17-12(15(19)20)8-10-6-7-10/h2-5,9-10,12H,6-8H2,1H3,(H,17,18)(H,19,20). The van der Waals surface area contributed by atoms with Crippen LogP contribution in [0.15, 0.2) is 24.3 Å². The van der Waals surface area contributed by atoms with Gasteiger partial charge < -0.3 is 15.2 Å². The molecule has 2 atom stereocenters. The van der Waals surface area contributed by atoms with Crippen molar-refractivity contribution in [3.63, 3.8) is 0 Å². The van der Waals surface area contributed by atoms with Crippen LogP contribution in [0.1, 0.15) is 26.2 Å². The Morgan fingerprint density at radius 2 is 2.10 bits per heavy atom. The summed E-state index contributed by atoms with van der Waals surface area (Å²) in [6.45, 7) is 1.46. The highest BCUT2D eigenvalue weighted by atomic mass is 19.1. The fraction of sp³-hybridized carbons (Fsp3) is 0.467. The molecule has 21 heavy (non-hydrogen) atoms. The lowest BCUT2D eigenvalue weighted by molar-refractivity contribution is -0.143. The summed E-state index contributed by atoms with van der Waals surface area (Å²) in [4.78, 5) is 23.1. The molecule has 0 spiro atoms. The van der Waals surface area contributed by atoms with Crippen molar-refractivity contribution < 1.29 is 23.8 Å². The van der Waals surface area contributed by atoms with Crippen LogP contribution in [-0.2, 0) is 9.59 Å². The van der Waals surface area contributed by atoms with E-state index in [1.165, 1.54) is 25.1 Å². The Bertz CT molecular complexity index is 530. The smallest absolute Gasteiger partial charge is 0.326 e. The SMILES string of the molecule is CC(Oc1ccccc1F)C(=O)NC(CC1CC1)C(=O)O. The molecule has 2 N–H and O–H groups in total. The molecule has 1 fully saturated rings. The summed E-state index contributed by atoms with van der Waals surface area (Å²) in [7, 11) is 0. The number of hydrogen-bond donors (Lipinski definition) is 2. The van der Waals surface area contributed by atoms with Gasteiger partial charge in [0.1, 0.15) is 6.04 Å². The van der Waals surface area contributed by atoms with E-state index in [1.807, 2.05) is 0 Å². The van der Waals surface area contributed by atoms with Crippen LogP contribution in [0.2, 0.25) is 0 Å². The van der Waals surface area contributed by atoms with Gasteiger partial charge in [0.15, 0.2) is 17.7 Å². The largest absolute Gasteiger partial charge is 0.480 e. The minimum Gasteiger partial charge on any atom is -0.480 e. The van der Waals surface area contributed by atoms with Crippen molar-refractivity contribution in [1.82, 2.24) is 5.32 Å². The molecule has 1 aromatic rings. The van der Waals surface area contributed by atoms with Gasteiger partial charge in [0.2, 0.25) is 0 Å². The van der Waals surface area contributed by atoms with Crippen molar-refractivity contribution in [3.05, 3.63) is 30.1 Å². The van der Waals surface area contributed by atoms with E-state index in [9.17, 15) is 14.0 Å². The highest BCUT2D eigenvalue weighted by Crippen LogP contribution is 2.33. The van der Waals surface area contributed by atoms with Crippen LogP contribution in [-0.4, -0.2) is 29.1 Å². The van der Waals surface area contributed by atoms with Gasteiger partial charge in [-0.3, -0.25) is 4.79 Å². The number of amides is 1. The highest BCUT2D eigenvalue weighted by molar-refractivity contribution is 5.86. The molecule has 0 saturated heterocycles. The Morgan fingerprint density at radius 1 is 1.43 bits per heavy atom. The van der Waals surface area contributed by atoms with E-state index in [4.69, 9.17) is 9.84 Å². The number of carboxylic acids is 1. The number of benzene rings is 1. The molecule has 114 valence electrons. The summed E-state index contributed by atoms with van der Waals surface area (Å²) < 4.78 is 18.7. The van der Waals surface area contributed by atoms with Gasteiger partial charge in [0.25, 0.3) is 5.91 Å². The summed E-state index contributed by atoms with van der Waals surface area (Å²) in [6, 6.07) is 4.83. The van der Waals surface area contributed by atoms with Crippen molar-refractivity contribution in [3.8, 4) is 5.75 Å². The maximum absolute atomic E-state index is 13.4. The minimum atomic E-state index is -1.06. The van der Waals surface area contributed by atoms with Crippen LogP contribution < -0.4 is 10.1 Å². The molecule has 0 aromatic heterocycles. The number of rotatable bonds is 7. The van der Waals surface area contributed by atoms with E-state index < -0.39 is 29.8 Å². The fourth-order valence-electron chi connectivity index (χ4n) is 1.98. The predicted molar refractivity (Wildman–Crippen MR) is 73.4 cm³/mol. The lowest BCUT2D eigenvalue weighted by atomic mass is 10.1. The molecule has 1 amide bonds. The first-order valence-electron chi connectivity index (χ1n) is 6.91. The Hall–Kier alpha value is -2.11. The molecule has 1 saturated carbocycles. The number of halogens is 1. The monoisotopic (exact) mass is 295 g/mol. The van der Waals surface area contributed by atoms with Crippen molar-refractivity contribution >= 4 is 11.9 Å². The van der Waals surface area contributed by atoms with Gasteiger partial charge in [0.05, 0.1) is 0 Å². The summed E-state index contributed by atoms with van der Waals surface area (Å²) in [5.74, 6) is -1.85. The number of aliphatic carboxylic acids is 1. The van der Waals surface area contributed by atoms with Gasteiger partial charge in [-0.15, -0.1) is 0 Å². The van der Waals surface area contributed by atoms with Crippen molar-refractivity contribution in [1.29, 1.82) is 0 Å². The second-order valence-electron chi connectivity index (χ2n) is 5.27.